The van der Waals surface area contributed by atoms with Crippen LogP contribution in [0.4, 0.5) is 0 Å². The molecule has 0 bridgehead atoms. The molecule has 0 radical (unpaired) electrons. The molecule has 128 valence electrons. The van der Waals surface area contributed by atoms with Gasteiger partial charge in [0.15, 0.2) is 9.84 Å². The maximum Gasteiger partial charge on any atom is 0.251 e. The van der Waals surface area contributed by atoms with Crippen molar-refractivity contribution >= 4 is 15.7 Å². The molecule has 24 heavy (non-hydrogen) atoms. The second-order valence-corrected chi connectivity index (χ2v) is 7.51. The van der Waals surface area contributed by atoms with Crippen LogP contribution in [0.1, 0.15) is 35.8 Å². The molecule has 0 aliphatic rings. The Morgan fingerprint density at radius 3 is 2.42 bits per heavy atom. The van der Waals surface area contributed by atoms with E-state index in [-0.39, 0.29) is 16.8 Å². The Balaban J connectivity index is 2.10. The normalized spacial score (nSPS) is 12.5. The number of rotatable bonds is 6. The lowest BCUT2D eigenvalue weighted by Crippen LogP contribution is -2.26. The van der Waals surface area contributed by atoms with Gasteiger partial charge in [0.25, 0.3) is 5.91 Å². The van der Waals surface area contributed by atoms with Crippen molar-refractivity contribution in [2.75, 3.05) is 12.9 Å². The number of carbonyl (C=O) groups is 1. The summed E-state index contributed by atoms with van der Waals surface area (Å²) in [6.45, 7) is 4.38. The van der Waals surface area contributed by atoms with Crippen LogP contribution in [0.3, 0.4) is 0 Å². The molecule has 0 fully saturated rings. The largest absolute Gasteiger partial charge is 0.494 e. The Kier molecular flexibility index (Phi) is 5.62. The maximum absolute atomic E-state index is 12.3. The molecule has 0 spiro atoms. The molecule has 0 saturated carbocycles. The average molecular weight is 347 g/mol. The summed E-state index contributed by atoms with van der Waals surface area (Å²) < 4.78 is 28.4. The van der Waals surface area contributed by atoms with Crippen molar-refractivity contribution in [3.05, 3.63) is 59.7 Å². The minimum atomic E-state index is -3.27. The van der Waals surface area contributed by atoms with Crippen LogP contribution in [0, 0.1) is 0 Å². The highest BCUT2D eigenvalue weighted by atomic mass is 32.2. The summed E-state index contributed by atoms with van der Waals surface area (Å²) in [4.78, 5) is 12.5. The third-order valence-corrected chi connectivity index (χ3v) is 4.69. The van der Waals surface area contributed by atoms with Gasteiger partial charge in [0.2, 0.25) is 0 Å². The predicted molar refractivity (Wildman–Crippen MR) is 93.0 cm³/mol. The molecule has 0 aliphatic heterocycles. The van der Waals surface area contributed by atoms with Crippen LogP contribution in [0.2, 0.25) is 0 Å². The third kappa shape index (κ3) is 4.58. The highest BCUT2D eigenvalue weighted by molar-refractivity contribution is 7.90. The Labute approximate surface area is 142 Å². The third-order valence-electron chi connectivity index (χ3n) is 3.56. The van der Waals surface area contributed by atoms with Crippen molar-refractivity contribution in [1.82, 2.24) is 5.32 Å². The second-order valence-electron chi connectivity index (χ2n) is 5.50. The fourth-order valence-corrected chi connectivity index (χ4v) is 2.89. The molecule has 0 saturated heterocycles. The number of sulfone groups is 1. The van der Waals surface area contributed by atoms with Crippen LogP contribution in [0.5, 0.6) is 5.75 Å². The average Bonchev–Trinajstić information content (AvgIpc) is 2.54. The van der Waals surface area contributed by atoms with Crippen LogP contribution in [-0.4, -0.2) is 27.2 Å². The van der Waals surface area contributed by atoms with E-state index in [1.807, 2.05) is 38.1 Å². The minimum absolute atomic E-state index is 0.191. The quantitative estimate of drug-likeness (QED) is 0.872. The molecular formula is C18H21NO4S. The molecule has 5 nitrogen and oxygen atoms in total. The van der Waals surface area contributed by atoms with Crippen molar-refractivity contribution in [2.45, 2.75) is 24.8 Å². The van der Waals surface area contributed by atoms with E-state index in [0.717, 1.165) is 17.6 Å². The lowest BCUT2D eigenvalue weighted by Gasteiger charge is -2.15. The van der Waals surface area contributed by atoms with E-state index >= 15 is 0 Å². The zero-order chi connectivity index (χ0) is 17.7. The first-order valence-corrected chi connectivity index (χ1v) is 9.54. The van der Waals surface area contributed by atoms with Crippen molar-refractivity contribution in [2.24, 2.45) is 0 Å². The Hall–Kier alpha value is -2.34. The Morgan fingerprint density at radius 1 is 1.17 bits per heavy atom. The molecule has 1 N–H and O–H groups in total. The lowest BCUT2D eigenvalue weighted by atomic mass is 10.1. The number of carbonyl (C=O) groups excluding carboxylic acids is 1. The predicted octanol–water partition coefficient (Wildman–Crippen LogP) is 2.98. The van der Waals surface area contributed by atoms with Gasteiger partial charge in [-0.2, -0.15) is 0 Å². The number of benzene rings is 2. The summed E-state index contributed by atoms with van der Waals surface area (Å²) in [6, 6.07) is 13.2. The summed E-state index contributed by atoms with van der Waals surface area (Å²) in [7, 11) is -3.27. The van der Waals surface area contributed by atoms with E-state index in [9.17, 15) is 13.2 Å². The fourth-order valence-electron chi connectivity index (χ4n) is 2.26. The van der Waals surface area contributed by atoms with Gasteiger partial charge in [0.05, 0.1) is 17.5 Å². The van der Waals surface area contributed by atoms with Crippen LogP contribution in [0.15, 0.2) is 53.4 Å². The van der Waals surface area contributed by atoms with Crippen molar-refractivity contribution in [3.63, 3.8) is 0 Å². The maximum atomic E-state index is 12.3. The molecule has 1 amide bonds. The van der Waals surface area contributed by atoms with Gasteiger partial charge in [0.1, 0.15) is 5.75 Å². The molecule has 1 atom stereocenters. The molecule has 6 heteroatoms. The number of amides is 1. The molecule has 2 aromatic carbocycles. The van der Waals surface area contributed by atoms with E-state index in [2.05, 4.69) is 5.32 Å². The molecule has 1 unspecified atom stereocenters. The van der Waals surface area contributed by atoms with Gasteiger partial charge < -0.3 is 10.1 Å². The molecular weight excluding hydrogens is 326 g/mol. The summed E-state index contributed by atoms with van der Waals surface area (Å²) in [6.07, 6.45) is 1.13. The summed E-state index contributed by atoms with van der Waals surface area (Å²) in [5, 5.41) is 2.90. The highest BCUT2D eigenvalue weighted by Crippen LogP contribution is 2.20. The minimum Gasteiger partial charge on any atom is -0.494 e. The van der Waals surface area contributed by atoms with Crippen LogP contribution in [-0.2, 0) is 9.84 Å². The first-order chi connectivity index (χ1) is 11.3. The summed E-state index contributed by atoms with van der Waals surface area (Å²) >= 11 is 0. The summed E-state index contributed by atoms with van der Waals surface area (Å²) in [5.74, 6) is 0.498. The van der Waals surface area contributed by atoms with Crippen molar-refractivity contribution in [1.29, 1.82) is 0 Å². The fraction of sp³-hybridized carbons (Fsp3) is 0.278. The second kappa shape index (κ2) is 7.49. The van der Waals surface area contributed by atoms with E-state index in [1.165, 1.54) is 24.3 Å². The zero-order valence-electron chi connectivity index (χ0n) is 13.9. The van der Waals surface area contributed by atoms with E-state index in [1.54, 1.807) is 0 Å². The monoisotopic (exact) mass is 347 g/mol. The van der Waals surface area contributed by atoms with Gasteiger partial charge in [0, 0.05) is 11.8 Å². The van der Waals surface area contributed by atoms with Gasteiger partial charge in [-0.3, -0.25) is 4.79 Å². The lowest BCUT2D eigenvalue weighted by molar-refractivity contribution is 0.0939. The molecule has 2 aromatic rings. The first kappa shape index (κ1) is 18.0. The first-order valence-electron chi connectivity index (χ1n) is 7.65. The number of hydrogen-bond acceptors (Lipinski definition) is 4. The van der Waals surface area contributed by atoms with Gasteiger partial charge >= 0.3 is 0 Å². The van der Waals surface area contributed by atoms with Gasteiger partial charge in [-0.1, -0.05) is 12.1 Å². The number of ether oxygens (including phenoxy) is 1. The molecule has 2 rings (SSSR count). The Bertz CT molecular complexity index is 813. The molecule has 0 aromatic heterocycles. The van der Waals surface area contributed by atoms with Crippen molar-refractivity contribution in [3.8, 4) is 5.75 Å². The van der Waals surface area contributed by atoms with Crippen molar-refractivity contribution < 1.29 is 17.9 Å². The van der Waals surface area contributed by atoms with E-state index in [0.29, 0.717) is 12.2 Å². The molecule has 0 heterocycles. The van der Waals surface area contributed by atoms with Gasteiger partial charge in [-0.15, -0.1) is 0 Å². The topological polar surface area (TPSA) is 72.5 Å². The van der Waals surface area contributed by atoms with E-state index < -0.39 is 9.84 Å². The number of nitrogens with one attached hydrogen (secondary N) is 1. The Morgan fingerprint density at radius 2 is 1.83 bits per heavy atom. The van der Waals surface area contributed by atoms with Gasteiger partial charge in [-0.05, 0) is 55.8 Å². The number of hydrogen-bond donors (Lipinski definition) is 1. The zero-order valence-corrected chi connectivity index (χ0v) is 14.8. The van der Waals surface area contributed by atoms with Gasteiger partial charge in [-0.25, -0.2) is 8.42 Å². The summed E-state index contributed by atoms with van der Waals surface area (Å²) in [5.41, 5.74) is 1.34. The standard InChI is InChI=1S/C18H21NO4S/c1-4-23-16-7-5-6-15(12-16)13(2)19-18(20)14-8-10-17(11-9-14)24(3,21)22/h5-13H,4H2,1-3H3,(H,19,20). The van der Waals surface area contributed by atoms with Crippen LogP contribution < -0.4 is 10.1 Å². The highest BCUT2D eigenvalue weighted by Gasteiger charge is 2.13. The van der Waals surface area contributed by atoms with Crippen LogP contribution in [0.25, 0.3) is 0 Å². The van der Waals surface area contributed by atoms with Crippen LogP contribution >= 0.6 is 0 Å². The SMILES string of the molecule is CCOc1cccc(C(C)NC(=O)c2ccc(S(C)(=O)=O)cc2)c1. The molecule has 0 aliphatic carbocycles. The van der Waals surface area contributed by atoms with E-state index in [4.69, 9.17) is 4.74 Å². The smallest absolute Gasteiger partial charge is 0.251 e.